The number of likely N-dealkylation sites (tertiary alicyclic amines) is 1. The summed E-state index contributed by atoms with van der Waals surface area (Å²) in [5, 5.41) is 18.9. The normalized spacial score (nSPS) is 16.9. The predicted octanol–water partition coefficient (Wildman–Crippen LogP) is 2.43. The summed E-state index contributed by atoms with van der Waals surface area (Å²) < 4.78 is 36.8. The molecule has 11 nitrogen and oxygen atoms in total. The van der Waals surface area contributed by atoms with Crippen molar-refractivity contribution in [2.45, 2.75) is 31.3 Å². The number of aliphatic carboxylic acids is 1. The Labute approximate surface area is 228 Å². The highest BCUT2D eigenvalue weighted by atomic mass is 32.2. The fraction of sp³-hybridized carbons (Fsp3) is 0.296. The third-order valence-corrected chi connectivity index (χ3v) is 7.61. The molecule has 0 radical (unpaired) electrons. The second-order valence-electron chi connectivity index (χ2n) is 9.14. The van der Waals surface area contributed by atoms with Crippen LogP contribution in [0, 0.1) is 5.41 Å². The largest absolute Gasteiger partial charge is 0.755 e. The molecule has 0 aromatic heterocycles. The van der Waals surface area contributed by atoms with Crippen LogP contribution in [0.25, 0.3) is 10.8 Å². The molecule has 1 amide bonds. The minimum Gasteiger partial charge on any atom is -0.755 e. The van der Waals surface area contributed by atoms with Crippen LogP contribution in [0.1, 0.15) is 24.0 Å². The number of hydrogen-bond acceptors (Lipinski definition) is 7. The number of nitrogens with zero attached hydrogens (tertiary/aromatic N) is 2. The number of benzene rings is 3. The van der Waals surface area contributed by atoms with Crippen molar-refractivity contribution in [2.75, 3.05) is 25.1 Å². The molecule has 0 saturated carbocycles. The molecule has 0 bridgehead atoms. The lowest BCUT2D eigenvalue weighted by atomic mass is 9.97. The van der Waals surface area contributed by atoms with Crippen molar-refractivity contribution in [3.63, 3.8) is 0 Å². The molecule has 206 valence electrons. The highest BCUT2D eigenvalue weighted by Gasteiger charge is 2.40. The van der Waals surface area contributed by atoms with Crippen LogP contribution < -0.4 is 19.5 Å². The predicted molar refractivity (Wildman–Crippen MR) is 146 cm³/mol. The Balaban J connectivity index is 1.67. The van der Waals surface area contributed by atoms with Crippen LogP contribution >= 0.6 is 0 Å². The van der Waals surface area contributed by atoms with E-state index in [4.69, 9.17) is 20.6 Å². The monoisotopic (exact) mass is 553 g/mol. The first kappa shape index (κ1) is 27.9. The number of carboxylic acid groups (broad SMARTS) is 1. The van der Waals surface area contributed by atoms with Crippen molar-refractivity contribution in [1.29, 1.82) is 5.41 Å². The van der Waals surface area contributed by atoms with Gasteiger partial charge in [0.2, 0.25) is 5.91 Å². The molecule has 3 unspecified atom stereocenters. The van der Waals surface area contributed by atoms with E-state index in [-0.39, 0.29) is 30.9 Å². The van der Waals surface area contributed by atoms with Gasteiger partial charge in [0.25, 0.3) is 0 Å². The van der Waals surface area contributed by atoms with E-state index in [9.17, 15) is 23.5 Å². The average Bonchev–Trinajstić information content (AvgIpc) is 2.92. The van der Waals surface area contributed by atoms with E-state index >= 15 is 0 Å². The Morgan fingerprint density at radius 1 is 1.21 bits per heavy atom. The lowest BCUT2D eigenvalue weighted by molar-refractivity contribution is -0.152. The second-order valence-corrected chi connectivity index (χ2v) is 9.96. The van der Waals surface area contributed by atoms with Gasteiger partial charge in [0.05, 0.1) is 19.9 Å². The zero-order valence-corrected chi connectivity index (χ0v) is 22.3. The maximum absolute atomic E-state index is 13.7. The van der Waals surface area contributed by atoms with Gasteiger partial charge in [-0.2, -0.15) is 0 Å². The van der Waals surface area contributed by atoms with Crippen LogP contribution in [-0.2, 0) is 27.3 Å². The van der Waals surface area contributed by atoms with E-state index in [0.717, 1.165) is 4.31 Å². The molecule has 12 heteroatoms. The average molecular weight is 554 g/mol. The maximum atomic E-state index is 13.7. The smallest absolute Gasteiger partial charge is 0.326 e. The van der Waals surface area contributed by atoms with Gasteiger partial charge in [0, 0.05) is 41.2 Å². The maximum Gasteiger partial charge on any atom is 0.326 e. The van der Waals surface area contributed by atoms with Gasteiger partial charge in [-0.3, -0.25) is 18.7 Å². The summed E-state index contributed by atoms with van der Waals surface area (Å²) in [6.07, 6.45) is 0.656. The van der Waals surface area contributed by atoms with Crippen molar-refractivity contribution < 1.29 is 32.9 Å². The van der Waals surface area contributed by atoms with E-state index in [0.29, 0.717) is 39.8 Å². The second kappa shape index (κ2) is 11.7. The molecule has 0 aliphatic carbocycles. The van der Waals surface area contributed by atoms with E-state index in [1.54, 1.807) is 48.5 Å². The highest BCUT2D eigenvalue weighted by Crippen LogP contribution is 2.36. The van der Waals surface area contributed by atoms with Crippen LogP contribution in [0.5, 0.6) is 11.5 Å². The Morgan fingerprint density at radius 3 is 2.51 bits per heavy atom. The third-order valence-electron chi connectivity index (χ3n) is 6.83. The number of amides is 1. The van der Waals surface area contributed by atoms with Gasteiger partial charge in [-0.1, -0.05) is 30.3 Å². The fourth-order valence-electron chi connectivity index (χ4n) is 4.86. The van der Waals surface area contributed by atoms with Crippen molar-refractivity contribution in [2.24, 2.45) is 5.73 Å². The molecular formula is C27H29N4O7S-. The summed E-state index contributed by atoms with van der Waals surface area (Å²) in [4.78, 5) is 27.2. The molecule has 39 heavy (non-hydrogen) atoms. The fourth-order valence-corrected chi connectivity index (χ4v) is 5.54. The summed E-state index contributed by atoms with van der Waals surface area (Å²) in [6, 6.07) is 12.7. The van der Waals surface area contributed by atoms with Crippen LogP contribution in [0.3, 0.4) is 0 Å². The molecule has 4 rings (SSSR count). The van der Waals surface area contributed by atoms with E-state index in [1.807, 2.05) is 0 Å². The Kier molecular flexibility index (Phi) is 8.36. The molecule has 3 aromatic carbocycles. The van der Waals surface area contributed by atoms with Gasteiger partial charge >= 0.3 is 5.97 Å². The number of fused-ring (bicyclic) bond motifs is 1. The standard InChI is InChI=1S/C27H30N4O7S/c1-37-20-10-9-18-13-19(14-24(38-2)21(18)15-20)31(39(35)36)22-4-3-11-30(26(22)32)23(27(33)34)12-16-5-7-17(8-6-16)25(28)29/h5-10,13-15,22-23H,3-4,11-12H2,1-2H3,(H3,28,29)(H,33,34)(H,35,36)/p-1. The number of methoxy groups -OCH3 is 2. The quantitative estimate of drug-likeness (QED) is 0.195. The summed E-state index contributed by atoms with van der Waals surface area (Å²) in [7, 11) is 3.00. The number of anilines is 1. The number of nitrogens with one attached hydrogen (secondary N) is 1. The number of carbonyl (C=O) groups is 2. The molecule has 3 atom stereocenters. The van der Waals surface area contributed by atoms with Gasteiger partial charge in [-0.05, 0) is 42.0 Å². The Hall–Kier alpha value is -4.16. The minimum atomic E-state index is -2.84. The van der Waals surface area contributed by atoms with Crippen molar-refractivity contribution in [1.82, 2.24) is 4.90 Å². The topological polar surface area (TPSA) is 169 Å². The number of hydrogen-bond donors (Lipinski definition) is 3. The Morgan fingerprint density at radius 2 is 1.92 bits per heavy atom. The van der Waals surface area contributed by atoms with Gasteiger partial charge in [0.15, 0.2) is 0 Å². The Bertz CT molecular complexity index is 1430. The molecule has 3 aromatic rings. The minimum absolute atomic E-state index is 0.0120. The zero-order valence-electron chi connectivity index (χ0n) is 21.5. The first-order valence-corrected chi connectivity index (χ1v) is 13.2. The van der Waals surface area contributed by atoms with Gasteiger partial charge in [-0.15, -0.1) is 0 Å². The lowest BCUT2D eigenvalue weighted by Crippen LogP contribution is -2.58. The number of carbonyl (C=O) groups excluding carboxylic acids is 1. The number of amidine groups is 1. The van der Waals surface area contributed by atoms with Crippen LogP contribution in [0.2, 0.25) is 0 Å². The number of nitrogen functional groups attached to an aromatic ring is 1. The SMILES string of the molecule is COc1ccc2cc(N(C3CCCN(C(Cc4ccc(C(=N)N)cc4)C(=O)O)C3=O)S(=O)[O-])cc(OC)c2c1. The molecule has 4 N–H and O–H groups in total. The van der Waals surface area contributed by atoms with Crippen LogP contribution in [0.15, 0.2) is 54.6 Å². The van der Waals surface area contributed by atoms with Crippen molar-refractivity contribution in [3.05, 3.63) is 65.7 Å². The van der Waals surface area contributed by atoms with Crippen molar-refractivity contribution in [3.8, 4) is 11.5 Å². The summed E-state index contributed by atoms with van der Waals surface area (Å²) in [5.41, 5.74) is 6.86. The number of rotatable bonds is 10. The molecule has 0 spiro atoms. The molecule has 1 saturated heterocycles. The number of nitrogens with two attached hydrogens (primary N) is 1. The molecule has 1 aliphatic heterocycles. The third kappa shape index (κ3) is 5.81. The van der Waals surface area contributed by atoms with Crippen LogP contribution in [0.4, 0.5) is 5.69 Å². The molecule has 1 heterocycles. The highest BCUT2D eigenvalue weighted by molar-refractivity contribution is 7.80. The van der Waals surface area contributed by atoms with Gasteiger partial charge in [0.1, 0.15) is 29.4 Å². The van der Waals surface area contributed by atoms with Crippen LogP contribution in [-0.4, -0.2) is 69.3 Å². The molecule has 1 fully saturated rings. The number of ether oxygens (including phenoxy) is 2. The lowest BCUT2D eigenvalue weighted by Gasteiger charge is -2.42. The van der Waals surface area contributed by atoms with E-state index in [2.05, 4.69) is 0 Å². The van der Waals surface area contributed by atoms with Gasteiger partial charge < -0.3 is 29.8 Å². The first-order chi connectivity index (χ1) is 18.6. The first-order valence-electron chi connectivity index (χ1n) is 12.2. The van der Waals surface area contributed by atoms with E-state index < -0.39 is 35.2 Å². The summed E-state index contributed by atoms with van der Waals surface area (Å²) in [6.45, 7) is 0.179. The molecule has 1 aliphatic rings. The van der Waals surface area contributed by atoms with E-state index in [1.165, 1.54) is 25.2 Å². The molecular weight excluding hydrogens is 524 g/mol. The number of piperidine rings is 1. The summed E-state index contributed by atoms with van der Waals surface area (Å²) in [5.74, 6) is -0.899. The summed E-state index contributed by atoms with van der Waals surface area (Å²) >= 11 is -2.84. The number of carboxylic acids is 1. The van der Waals surface area contributed by atoms with Crippen molar-refractivity contribution >= 4 is 45.4 Å². The van der Waals surface area contributed by atoms with Gasteiger partial charge in [-0.25, -0.2) is 4.79 Å². The zero-order chi connectivity index (χ0) is 28.3.